The molecular formula is C18H29NO. The first-order chi connectivity index (χ1) is 9.65. The van der Waals surface area contributed by atoms with Crippen molar-refractivity contribution < 1.29 is 4.74 Å². The molecule has 0 spiro atoms. The van der Waals surface area contributed by atoms with Crippen LogP contribution in [0.3, 0.4) is 0 Å². The zero-order valence-corrected chi connectivity index (χ0v) is 13.4. The third-order valence-corrected chi connectivity index (χ3v) is 5.03. The van der Waals surface area contributed by atoms with Crippen LogP contribution in [0.1, 0.15) is 56.7 Å². The minimum Gasteiger partial charge on any atom is -0.376 e. The Hall–Kier alpha value is -0.860. The lowest BCUT2D eigenvalue weighted by Gasteiger charge is -2.44. The van der Waals surface area contributed by atoms with Crippen LogP contribution in [0.2, 0.25) is 0 Å². The first-order valence-electron chi connectivity index (χ1n) is 7.96. The van der Waals surface area contributed by atoms with Gasteiger partial charge in [-0.15, -0.1) is 0 Å². The van der Waals surface area contributed by atoms with Crippen molar-refractivity contribution >= 4 is 0 Å². The Kier molecular flexibility index (Phi) is 5.22. The number of rotatable bonds is 5. The summed E-state index contributed by atoms with van der Waals surface area (Å²) >= 11 is 0. The first-order valence-corrected chi connectivity index (χ1v) is 7.96. The minimum atomic E-state index is -0.0480. The molecule has 0 aromatic heterocycles. The molecule has 1 aromatic carbocycles. The molecule has 2 nitrogen and oxygen atoms in total. The highest BCUT2D eigenvalue weighted by molar-refractivity contribution is 5.28. The van der Waals surface area contributed by atoms with E-state index in [2.05, 4.69) is 50.5 Å². The van der Waals surface area contributed by atoms with Gasteiger partial charge in [0.1, 0.15) is 0 Å². The van der Waals surface area contributed by atoms with Gasteiger partial charge in [-0.1, -0.05) is 38.1 Å². The van der Waals surface area contributed by atoms with E-state index in [1.165, 1.54) is 24.0 Å². The zero-order chi connectivity index (χ0) is 14.6. The molecule has 1 saturated carbocycles. The molecule has 1 aliphatic rings. The molecular weight excluding hydrogens is 246 g/mol. The standard InChI is InChI=1S/C18H29NO/c1-5-15-7-6-8-16(13-15)17(19-3)18(20-4)11-9-14(2)10-12-18/h6-8,13-14,17,19H,5,9-12H2,1-4H3. The molecule has 1 unspecified atom stereocenters. The summed E-state index contributed by atoms with van der Waals surface area (Å²) < 4.78 is 6.05. The van der Waals surface area contributed by atoms with Crippen molar-refractivity contribution in [2.24, 2.45) is 5.92 Å². The smallest absolute Gasteiger partial charge is 0.0872 e. The SMILES string of the molecule is CCc1cccc(C(NC)C2(OC)CCC(C)CC2)c1. The molecule has 1 fully saturated rings. The zero-order valence-electron chi connectivity index (χ0n) is 13.4. The molecule has 1 N–H and O–H groups in total. The van der Waals surface area contributed by atoms with Gasteiger partial charge in [0.2, 0.25) is 0 Å². The van der Waals surface area contributed by atoms with Gasteiger partial charge in [0, 0.05) is 7.11 Å². The Morgan fingerprint density at radius 2 is 2.05 bits per heavy atom. The van der Waals surface area contributed by atoms with Crippen LogP contribution in [0.5, 0.6) is 0 Å². The highest BCUT2D eigenvalue weighted by Gasteiger charge is 2.41. The van der Waals surface area contributed by atoms with Crippen LogP contribution in [-0.2, 0) is 11.2 Å². The second-order valence-electron chi connectivity index (χ2n) is 6.27. The molecule has 0 aliphatic heterocycles. The van der Waals surface area contributed by atoms with Crippen molar-refractivity contribution in [2.75, 3.05) is 14.2 Å². The Morgan fingerprint density at radius 3 is 2.60 bits per heavy atom. The van der Waals surface area contributed by atoms with Crippen LogP contribution in [0, 0.1) is 5.92 Å². The van der Waals surface area contributed by atoms with Crippen LogP contribution in [0.4, 0.5) is 0 Å². The van der Waals surface area contributed by atoms with Gasteiger partial charge in [-0.25, -0.2) is 0 Å². The van der Waals surface area contributed by atoms with Gasteiger partial charge in [0.25, 0.3) is 0 Å². The van der Waals surface area contributed by atoms with Crippen molar-refractivity contribution in [3.63, 3.8) is 0 Å². The lowest BCUT2D eigenvalue weighted by atomic mass is 9.73. The van der Waals surface area contributed by atoms with E-state index < -0.39 is 0 Å². The van der Waals surface area contributed by atoms with E-state index in [4.69, 9.17) is 4.74 Å². The van der Waals surface area contributed by atoms with Crippen LogP contribution in [-0.4, -0.2) is 19.8 Å². The van der Waals surface area contributed by atoms with Crippen molar-refractivity contribution in [3.05, 3.63) is 35.4 Å². The quantitative estimate of drug-likeness (QED) is 0.873. The minimum absolute atomic E-state index is 0.0480. The van der Waals surface area contributed by atoms with E-state index in [-0.39, 0.29) is 11.6 Å². The maximum atomic E-state index is 6.05. The molecule has 1 atom stereocenters. The van der Waals surface area contributed by atoms with Crippen LogP contribution in [0.25, 0.3) is 0 Å². The summed E-state index contributed by atoms with van der Waals surface area (Å²) in [6.07, 6.45) is 5.90. The number of methoxy groups -OCH3 is 1. The average molecular weight is 275 g/mol. The summed E-state index contributed by atoms with van der Waals surface area (Å²) in [5.41, 5.74) is 2.72. The van der Waals surface area contributed by atoms with E-state index in [0.29, 0.717) is 0 Å². The Balaban J connectivity index is 2.29. The third kappa shape index (κ3) is 3.07. The molecule has 1 aliphatic carbocycles. The molecule has 0 amide bonds. The van der Waals surface area contributed by atoms with Gasteiger partial charge in [0.05, 0.1) is 11.6 Å². The Labute approximate surface area is 123 Å². The number of likely N-dealkylation sites (N-methyl/N-ethyl adjacent to an activating group) is 1. The van der Waals surface area contributed by atoms with Gasteiger partial charge in [-0.05, 0) is 56.2 Å². The summed E-state index contributed by atoms with van der Waals surface area (Å²) in [6.45, 7) is 4.56. The van der Waals surface area contributed by atoms with Crippen molar-refractivity contribution in [3.8, 4) is 0 Å². The highest BCUT2D eigenvalue weighted by Crippen LogP contribution is 2.42. The molecule has 2 heteroatoms. The monoisotopic (exact) mass is 275 g/mol. The van der Waals surface area contributed by atoms with Crippen molar-refractivity contribution in [2.45, 2.75) is 57.6 Å². The summed E-state index contributed by atoms with van der Waals surface area (Å²) in [5, 5.41) is 3.52. The number of nitrogens with one attached hydrogen (secondary N) is 1. The van der Waals surface area contributed by atoms with Gasteiger partial charge >= 0.3 is 0 Å². The molecule has 2 rings (SSSR count). The average Bonchev–Trinajstić information content (AvgIpc) is 2.50. The number of hydrogen-bond donors (Lipinski definition) is 1. The normalized spacial score (nSPS) is 28.3. The van der Waals surface area contributed by atoms with Crippen molar-refractivity contribution in [1.82, 2.24) is 5.32 Å². The second-order valence-corrected chi connectivity index (χ2v) is 6.27. The highest BCUT2D eigenvalue weighted by atomic mass is 16.5. The number of benzene rings is 1. The predicted molar refractivity (Wildman–Crippen MR) is 85.0 cm³/mol. The van der Waals surface area contributed by atoms with E-state index in [1.54, 1.807) is 0 Å². The Morgan fingerprint density at radius 1 is 1.35 bits per heavy atom. The van der Waals surface area contributed by atoms with E-state index in [1.807, 2.05) is 7.11 Å². The summed E-state index contributed by atoms with van der Waals surface area (Å²) in [6, 6.07) is 9.23. The maximum absolute atomic E-state index is 6.05. The maximum Gasteiger partial charge on any atom is 0.0872 e. The van der Waals surface area contributed by atoms with E-state index in [9.17, 15) is 0 Å². The molecule has 0 bridgehead atoms. The largest absolute Gasteiger partial charge is 0.376 e. The van der Waals surface area contributed by atoms with Gasteiger partial charge in [-0.2, -0.15) is 0 Å². The number of aryl methyl sites for hydroxylation is 1. The van der Waals surface area contributed by atoms with Gasteiger partial charge in [0.15, 0.2) is 0 Å². The van der Waals surface area contributed by atoms with Crippen LogP contribution >= 0.6 is 0 Å². The fraction of sp³-hybridized carbons (Fsp3) is 0.667. The first kappa shape index (κ1) is 15.5. The number of ether oxygens (including phenoxy) is 1. The van der Waals surface area contributed by atoms with Crippen LogP contribution < -0.4 is 5.32 Å². The van der Waals surface area contributed by atoms with E-state index in [0.717, 1.165) is 25.2 Å². The third-order valence-electron chi connectivity index (χ3n) is 5.03. The molecule has 20 heavy (non-hydrogen) atoms. The fourth-order valence-electron chi connectivity index (χ4n) is 3.59. The number of hydrogen-bond acceptors (Lipinski definition) is 2. The molecule has 1 aromatic rings. The predicted octanol–water partition coefficient (Wildman–Crippen LogP) is 4.10. The summed E-state index contributed by atoms with van der Waals surface area (Å²) in [4.78, 5) is 0. The Bertz CT molecular complexity index is 421. The summed E-state index contributed by atoms with van der Waals surface area (Å²) in [7, 11) is 3.94. The molecule has 112 valence electrons. The van der Waals surface area contributed by atoms with E-state index >= 15 is 0 Å². The molecule has 0 heterocycles. The van der Waals surface area contributed by atoms with Gasteiger partial charge < -0.3 is 10.1 Å². The summed E-state index contributed by atoms with van der Waals surface area (Å²) in [5.74, 6) is 0.831. The lowest BCUT2D eigenvalue weighted by molar-refractivity contribution is -0.0745. The van der Waals surface area contributed by atoms with Gasteiger partial charge in [-0.3, -0.25) is 0 Å². The lowest BCUT2D eigenvalue weighted by Crippen LogP contribution is -2.47. The molecule has 0 saturated heterocycles. The second kappa shape index (κ2) is 6.73. The molecule has 0 radical (unpaired) electrons. The van der Waals surface area contributed by atoms with Crippen LogP contribution in [0.15, 0.2) is 24.3 Å². The van der Waals surface area contributed by atoms with Crippen molar-refractivity contribution in [1.29, 1.82) is 0 Å². The topological polar surface area (TPSA) is 21.3 Å². The fourth-order valence-corrected chi connectivity index (χ4v) is 3.59.